The summed E-state index contributed by atoms with van der Waals surface area (Å²) in [6.45, 7) is 1.73. The van der Waals surface area contributed by atoms with Gasteiger partial charge in [0.25, 0.3) is 0 Å². The van der Waals surface area contributed by atoms with Gasteiger partial charge in [-0.2, -0.15) is 0 Å². The number of hydrogen-bond acceptors (Lipinski definition) is 18. The van der Waals surface area contributed by atoms with Crippen LogP contribution in [0, 0.1) is 0 Å². The van der Waals surface area contributed by atoms with Crippen molar-refractivity contribution in [2.75, 3.05) is 26.4 Å². The number of ether oxygens (including phenoxy) is 6. The van der Waals surface area contributed by atoms with Crippen LogP contribution in [0.2, 0.25) is 0 Å². The van der Waals surface area contributed by atoms with Crippen molar-refractivity contribution in [1.82, 2.24) is 5.32 Å². The monoisotopic (exact) mass is 1300 g/mol. The number of allylic oxidation sites excluding steroid dienone is 6. The number of hydrogen-bond donors (Lipinski definition) is 12. The normalized spacial score (nSPS) is 28.0. The van der Waals surface area contributed by atoms with Crippen LogP contribution in [-0.4, -0.2) is 193 Å². The molecule has 3 aliphatic heterocycles. The number of unbranched alkanes of at least 4 members (excludes halogenated alkanes) is 35. The van der Waals surface area contributed by atoms with E-state index in [1.165, 1.54) is 180 Å². The minimum atomic E-state index is -1.97. The van der Waals surface area contributed by atoms with Crippen LogP contribution in [0.25, 0.3) is 0 Å². The largest absolute Gasteiger partial charge is 0.394 e. The fraction of sp³-hybridized carbons (Fsp3) is 0.903. The number of amides is 1. The molecule has 0 aromatic carbocycles. The summed E-state index contributed by atoms with van der Waals surface area (Å²) in [5, 5.41) is 120. The van der Waals surface area contributed by atoms with Crippen LogP contribution in [-0.2, 0) is 33.2 Å². The minimum absolute atomic E-state index is 0.243. The third-order valence-electron chi connectivity index (χ3n) is 18.5. The highest BCUT2D eigenvalue weighted by Gasteiger charge is 2.53. The smallest absolute Gasteiger partial charge is 0.220 e. The molecule has 12 N–H and O–H groups in total. The summed E-state index contributed by atoms with van der Waals surface area (Å²) in [6, 6.07) is -0.882. The maximum atomic E-state index is 13.3. The van der Waals surface area contributed by atoms with Gasteiger partial charge in [-0.1, -0.05) is 262 Å². The Morgan fingerprint density at radius 1 is 0.396 bits per heavy atom. The Balaban J connectivity index is 1.23. The maximum Gasteiger partial charge on any atom is 0.220 e. The molecule has 0 saturated carbocycles. The highest BCUT2D eigenvalue weighted by atomic mass is 16.8. The van der Waals surface area contributed by atoms with Crippen molar-refractivity contribution >= 4 is 5.91 Å². The first kappa shape index (κ1) is 83.2. The second kappa shape index (κ2) is 54.1. The van der Waals surface area contributed by atoms with E-state index in [1.807, 2.05) is 0 Å². The van der Waals surface area contributed by atoms with Gasteiger partial charge in [-0.05, 0) is 51.4 Å². The third-order valence-corrected chi connectivity index (χ3v) is 18.5. The second-order valence-electron chi connectivity index (χ2n) is 26.4. The molecule has 0 aliphatic carbocycles. The van der Waals surface area contributed by atoms with Crippen molar-refractivity contribution in [1.29, 1.82) is 0 Å². The summed E-state index contributed by atoms with van der Waals surface area (Å²) in [5.74, 6) is -0.243. The number of aliphatic hydroxyl groups is 11. The van der Waals surface area contributed by atoms with E-state index in [2.05, 4.69) is 55.6 Å². The van der Waals surface area contributed by atoms with Crippen LogP contribution in [0.15, 0.2) is 36.5 Å². The maximum absolute atomic E-state index is 13.3. The number of aliphatic hydroxyl groups excluding tert-OH is 11. The van der Waals surface area contributed by atoms with E-state index in [1.54, 1.807) is 0 Å². The SMILES string of the molecule is CCCCCCC/C=C\C/C=C\C/C=C\CCCCCCCCCCCCCCCCCCCCCCCCCCC(=O)NC(COC1OC(CO)C(OC2OC(CO)C(OC3OC(CO)C(O)C(O)C3O)C(O)C2O)C(O)C1O)C(O)CCCCCCCCC. The van der Waals surface area contributed by atoms with Gasteiger partial charge in [0, 0.05) is 6.42 Å². The molecule has 1 amide bonds. The lowest BCUT2D eigenvalue weighted by molar-refractivity contribution is -0.379. The fourth-order valence-electron chi connectivity index (χ4n) is 12.5. The molecule has 3 saturated heterocycles. The molecule has 91 heavy (non-hydrogen) atoms. The Labute approximate surface area is 549 Å². The van der Waals surface area contributed by atoms with Crippen molar-refractivity contribution in [3.05, 3.63) is 36.5 Å². The van der Waals surface area contributed by atoms with Crippen molar-refractivity contribution in [3.8, 4) is 0 Å². The molecule has 3 heterocycles. The van der Waals surface area contributed by atoms with Gasteiger partial charge in [0.1, 0.15) is 73.2 Å². The van der Waals surface area contributed by atoms with Crippen molar-refractivity contribution in [3.63, 3.8) is 0 Å². The van der Waals surface area contributed by atoms with Crippen molar-refractivity contribution in [2.45, 2.75) is 388 Å². The van der Waals surface area contributed by atoms with Crippen LogP contribution in [0.3, 0.4) is 0 Å². The lowest BCUT2D eigenvalue weighted by atomic mass is 9.96. The molecule has 19 heteroatoms. The molecule has 0 spiro atoms. The van der Waals surface area contributed by atoms with E-state index in [0.29, 0.717) is 12.8 Å². The first-order chi connectivity index (χ1) is 44.3. The van der Waals surface area contributed by atoms with E-state index < -0.39 is 124 Å². The zero-order valence-corrected chi connectivity index (χ0v) is 56.6. The summed E-state index contributed by atoms with van der Waals surface area (Å²) in [4.78, 5) is 13.3. The summed E-state index contributed by atoms with van der Waals surface area (Å²) < 4.78 is 34.3. The Hall–Kier alpha value is -1.99. The molecule has 17 unspecified atom stereocenters. The average Bonchev–Trinajstić information content (AvgIpc) is 1.40. The standard InChI is InChI=1S/C72H133NO18/c1-3-5-7-9-11-12-13-14-15-16-17-18-19-20-21-22-23-24-25-26-27-28-29-30-31-32-33-34-35-36-37-38-39-40-41-42-44-46-48-50-60(78)73-55(56(77)49-47-45-43-10-8-6-4-2)54-86-70-66(84)63(81)68(58(52-75)88-70)91-72-67(85)64(82)69(59(53-76)89-72)90-71-65(83)62(80)61(79)57(51-74)87-71/h13-14,16-17,19-20,55-59,61-72,74-77,79-85H,3-12,15,18,21-54H2,1-2H3,(H,73,78)/b14-13-,17-16-,20-19-. The quantitative estimate of drug-likeness (QED) is 0.0199. The van der Waals surface area contributed by atoms with Gasteiger partial charge in [0.2, 0.25) is 5.91 Å². The molecule has 0 bridgehead atoms. The summed E-state index contributed by atoms with van der Waals surface area (Å²) >= 11 is 0. The first-order valence-corrected chi connectivity index (χ1v) is 36.7. The number of nitrogens with one attached hydrogen (secondary N) is 1. The van der Waals surface area contributed by atoms with Gasteiger partial charge in [-0.3, -0.25) is 4.79 Å². The Morgan fingerprint density at radius 2 is 0.725 bits per heavy atom. The first-order valence-electron chi connectivity index (χ1n) is 36.7. The molecule has 3 fully saturated rings. The van der Waals surface area contributed by atoms with E-state index in [0.717, 1.165) is 70.6 Å². The van der Waals surface area contributed by atoms with Gasteiger partial charge >= 0.3 is 0 Å². The Morgan fingerprint density at radius 3 is 1.13 bits per heavy atom. The summed E-state index contributed by atoms with van der Waals surface area (Å²) in [5.41, 5.74) is 0. The van der Waals surface area contributed by atoms with Crippen LogP contribution in [0.4, 0.5) is 0 Å². The predicted molar refractivity (Wildman–Crippen MR) is 356 cm³/mol. The predicted octanol–water partition coefficient (Wildman–Crippen LogP) is 10.4. The van der Waals surface area contributed by atoms with Crippen LogP contribution < -0.4 is 5.32 Å². The van der Waals surface area contributed by atoms with E-state index >= 15 is 0 Å². The van der Waals surface area contributed by atoms with Gasteiger partial charge < -0.3 is 89.9 Å². The molecular formula is C72H133NO18. The molecule has 3 rings (SSSR count). The Kier molecular flexibility index (Phi) is 49.5. The third kappa shape index (κ3) is 35.7. The molecule has 3 aliphatic rings. The number of carbonyl (C=O) groups excluding carboxylic acids is 1. The molecule has 0 aromatic rings. The van der Waals surface area contributed by atoms with E-state index in [4.69, 9.17) is 28.4 Å². The summed E-state index contributed by atoms with van der Waals surface area (Å²) in [7, 11) is 0. The van der Waals surface area contributed by atoms with Crippen LogP contribution in [0.5, 0.6) is 0 Å². The zero-order valence-electron chi connectivity index (χ0n) is 56.6. The lowest BCUT2D eigenvalue weighted by Crippen LogP contribution is -2.66. The van der Waals surface area contributed by atoms with Gasteiger partial charge in [0.05, 0.1) is 38.6 Å². The number of carbonyl (C=O) groups is 1. The highest BCUT2D eigenvalue weighted by molar-refractivity contribution is 5.76. The van der Waals surface area contributed by atoms with Crippen molar-refractivity contribution in [2.24, 2.45) is 0 Å². The van der Waals surface area contributed by atoms with Gasteiger partial charge in [-0.15, -0.1) is 0 Å². The molecule has 0 aromatic heterocycles. The molecular weight excluding hydrogens is 1170 g/mol. The summed E-state index contributed by atoms with van der Waals surface area (Å²) in [6.07, 6.45) is 37.5. The van der Waals surface area contributed by atoms with Crippen molar-refractivity contribution < 1.29 is 89.4 Å². The fourth-order valence-corrected chi connectivity index (χ4v) is 12.5. The van der Waals surface area contributed by atoms with Gasteiger partial charge in [-0.25, -0.2) is 0 Å². The molecule has 0 radical (unpaired) electrons. The minimum Gasteiger partial charge on any atom is -0.394 e. The topological polar surface area (TPSA) is 307 Å². The van der Waals surface area contributed by atoms with E-state index in [-0.39, 0.29) is 18.9 Å². The number of rotatable bonds is 57. The average molecular weight is 1300 g/mol. The highest BCUT2D eigenvalue weighted by Crippen LogP contribution is 2.33. The molecule has 534 valence electrons. The van der Waals surface area contributed by atoms with Gasteiger partial charge in [0.15, 0.2) is 18.9 Å². The zero-order chi connectivity index (χ0) is 66.1. The Bertz CT molecular complexity index is 1790. The van der Waals surface area contributed by atoms with Crippen LogP contribution >= 0.6 is 0 Å². The molecule has 19 nitrogen and oxygen atoms in total. The van der Waals surface area contributed by atoms with E-state index in [9.17, 15) is 61.0 Å². The van der Waals surface area contributed by atoms with Crippen LogP contribution in [0.1, 0.15) is 284 Å². The molecule has 17 atom stereocenters. The lowest BCUT2D eigenvalue weighted by Gasteiger charge is -2.48. The second-order valence-corrected chi connectivity index (χ2v) is 26.4.